The summed E-state index contributed by atoms with van der Waals surface area (Å²) in [6.45, 7) is 7.47. The molecule has 0 aliphatic carbocycles. The third-order valence-electron chi connectivity index (χ3n) is 2.36. The molecule has 0 aliphatic rings. The van der Waals surface area contributed by atoms with Crippen LogP contribution in [0.4, 0.5) is 0 Å². The van der Waals surface area contributed by atoms with E-state index < -0.39 is 11.4 Å². The predicted molar refractivity (Wildman–Crippen MR) is 72.0 cm³/mol. The first kappa shape index (κ1) is 13.0. The lowest BCUT2D eigenvalue weighted by Gasteiger charge is -2.17. The monoisotopic (exact) mass is 265 g/mol. The number of nitrogens with zero attached hydrogens (tertiary/aromatic N) is 3. The van der Waals surface area contributed by atoms with Gasteiger partial charge in [-0.25, -0.2) is 0 Å². The minimum atomic E-state index is -1.28. The van der Waals surface area contributed by atoms with Crippen molar-refractivity contribution in [1.82, 2.24) is 10.1 Å². The van der Waals surface area contributed by atoms with Gasteiger partial charge in [-0.05, 0) is 27.7 Å². The summed E-state index contributed by atoms with van der Waals surface area (Å²) in [5, 5.41) is 4.73. The predicted octanol–water partition coefficient (Wildman–Crippen LogP) is 2.41. The third-order valence-corrected chi connectivity index (χ3v) is 3.71. The van der Waals surface area contributed by atoms with Gasteiger partial charge in [0.25, 0.3) is 0 Å². The molecule has 1 atom stereocenters. The summed E-state index contributed by atoms with van der Waals surface area (Å²) in [5.41, 5.74) is 2.07. The fourth-order valence-electron chi connectivity index (χ4n) is 1.30. The van der Waals surface area contributed by atoms with E-state index in [1.54, 1.807) is 12.3 Å². The number of hydrogen-bond acceptors (Lipinski definition) is 5. The molecular weight excluding hydrogens is 250 g/mol. The van der Waals surface area contributed by atoms with Gasteiger partial charge in [0, 0.05) is 12.3 Å². The van der Waals surface area contributed by atoms with E-state index >= 15 is 0 Å². The molecule has 18 heavy (non-hydrogen) atoms. The lowest BCUT2D eigenvalue weighted by atomic mass is 10.2. The second-order valence-electron chi connectivity index (χ2n) is 4.97. The zero-order chi connectivity index (χ0) is 13.3. The molecule has 6 heteroatoms. The Balaban J connectivity index is 2.25. The van der Waals surface area contributed by atoms with Crippen molar-refractivity contribution in [3.63, 3.8) is 0 Å². The number of aryl methyl sites for hydroxylation is 1. The second-order valence-corrected chi connectivity index (χ2v) is 6.90. The lowest BCUT2D eigenvalue weighted by Crippen LogP contribution is -2.25. The van der Waals surface area contributed by atoms with Crippen molar-refractivity contribution in [2.75, 3.05) is 0 Å². The Labute approximate surface area is 109 Å². The van der Waals surface area contributed by atoms with Gasteiger partial charge in [0.15, 0.2) is 5.58 Å². The molecule has 0 spiro atoms. The Bertz CT molecular complexity index is 587. The minimum Gasteiger partial charge on any atom is -0.591 e. The highest BCUT2D eigenvalue weighted by Gasteiger charge is 2.25. The lowest BCUT2D eigenvalue weighted by molar-refractivity contribution is 0.450. The second kappa shape index (κ2) is 4.70. The van der Waals surface area contributed by atoms with Crippen molar-refractivity contribution < 1.29 is 9.08 Å². The van der Waals surface area contributed by atoms with Gasteiger partial charge < -0.3 is 9.08 Å². The maximum atomic E-state index is 11.8. The molecule has 0 amide bonds. The molecule has 5 nitrogen and oxygen atoms in total. The van der Waals surface area contributed by atoms with Crippen LogP contribution in [-0.2, 0) is 11.4 Å². The van der Waals surface area contributed by atoms with E-state index in [0.717, 1.165) is 11.1 Å². The van der Waals surface area contributed by atoms with E-state index in [2.05, 4.69) is 14.5 Å². The molecule has 0 saturated heterocycles. The fraction of sp³-hybridized carbons (Fsp3) is 0.417. The van der Waals surface area contributed by atoms with Crippen LogP contribution in [0.2, 0.25) is 0 Å². The van der Waals surface area contributed by atoms with Crippen LogP contribution in [-0.4, -0.2) is 25.7 Å². The van der Waals surface area contributed by atoms with Crippen molar-refractivity contribution in [2.24, 2.45) is 4.40 Å². The van der Waals surface area contributed by atoms with E-state index in [1.165, 1.54) is 6.21 Å². The van der Waals surface area contributed by atoms with Crippen molar-refractivity contribution in [2.45, 2.75) is 32.4 Å². The summed E-state index contributed by atoms with van der Waals surface area (Å²) in [6.07, 6.45) is 3.18. The first-order valence-corrected chi connectivity index (χ1v) is 6.67. The summed E-state index contributed by atoms with van der Waals surface area (Å²) < 4.78 is 20.5. The van der Waals surface area contributed by atoms with Crippen LogP contribution < -0.4 is 0 Å². The average molecular weight is 265 g/mol. The molecule has 2 rings (SSSR count). The molecule has 2 heterocycles. The maximum absolute atomic E-state index is 11.8. The Morgan fingerprint density at radius 1 is 1.44 bits per heavy atom. The molecule has 1 unspecified atom stereocenters. The van der Waals surface area contributed by atoms with Gasteiger partial charge in [-0.3, -0.25) is 4.98 Å². The molecule has 0 bridgehead atoms. The Morgan fingerprint density at radius 2 is 2.17 bits per heavy atom. The largest absolute Gasteiger partial charge is 0.591 e. The van der Waals surface area contributed by atoms with Crippen molar-refractivity contribution in [3.8, 4) is 0 Å². The highest BCUT2D eigenvalue weighted by molar-refractivity contribution is 7.91. The van der Waals surface area contributed by atoms with Crippen molar-refractivity contribution in [1.29, 1.82) is 0 Å². The molecule has 0 saturated carbocycles. The van der Waals surface area contributed by atoms with Crippen LogP contribution in [0.1, 0.15) is 32.2 Å². The topological polar surface area (TPSA) is 74.3 Å². The molecule has 2 aromatic rings. The third kappa shape index (κ3) is 2.70. The first-order chi connectivity index (χ1) is 8.38. The standard InChI is InChI=1S/C12H15N3O2S/c1-8-10-7-13-9(5-11(10)17-15-8)6-14-18(16)12(2,3)4/h5-7H,1-4H3. The molecule has 2 aromatic heterocycles. The molecular formula is C12H15N3O2S. The van der Waals surface area contributed by atoms with Gasteiger partial charge in [-0.1, -0.05) is 9.55 Å². The van der Waals surface area contributed by atoms with Crippen LogP contribution in [0.25, 0.3) is 11.0 Å². The van der Waals surface area contributed by atoms with E-state index in [0.29, 0.717) is 11.3 Å². The summed E-state index contributed by atoms with van der Waals surface area (Å²) in [6, 6.07) is 1.73. The van der Waals surface area contributed by atoms with Gasteiger partial charge in [-0.15, -0.1) is 0 Å². The van der Waals surface area contributed by atoms with Gasteiger partial charge in [0.1, 0.15) is 22.3 Å². The Morgan fingerprint density at radius 3 is 2.83 bits per heavy atom. The van der Waals surface area contributed by atoms with Crippen LogP contribution >= 0.6 is 0 Å². The van der Waals surface area contributed by atoms with Crippen LogP contribution in [0.5, 0.6) is 0 Å². The number of hydrogen-bond donors (Lipinski definition) is 0. The summed E-state index contributed by atoms with van der Waals surface area (Å²) in [7, 11) is 0. The number of aromatic nitrogens is 2. The van der Waals surface area contributed by atoms with Crippen molar-refractivity contribution >= 4 is 28.5 Å². The van der Waals surface area contributed by atoms with Crippen LogP contribution in [0.15, 0.2) is 21.2 Å². The summed E-state index contributed by atoms with van der Waals surface area (Å²) >= 11 is -1.28. The van der Waals surface area contributed by atoms with E-state index in [9.17, 15) is 4.55 Å². The Hall–Kier alpha value is -1.40. The van der Waals surface area contributed by atoms with E-state index in [4.69, 9.17) is 4.52 Å². The normalized spacial score (nSPS) is 14.5. The Kier molecular flexibility index (Phi) is 3.41. The van der Waals surface area contributed by atoms with Gasteiger partial charge in [0.2, 0.25) is 0 Å². The zero-order valence-electron chi connectivity index (χ0n) is 10.8. The molecule has 0 aliphatic heterocycles. The highest BCUT2D eigenvalue weighted by atomic mass is 32.2. The summed E-state index contributed by atoms with van der Waals surface area (Å²) in [4.78, 5) is 4.21. The van der Waals surface area contributed by atoms with Crippen LogP contribution in [0.3, 0.4) is 0 Å². The molecule has 0 radical (unpaired) electrons. The first-order valence-electron chi connectivity index (χ1n) is 5.56. The van der Waals surface area contributed by atoms with Gasteiger partial charge >= 0.3 is 0 Å². The quantitative estimate of drug-likeness (QED) is 0.617. The number of rotatable bonds is 2. The minimum absolute atomic E-state index is 0.372. The van der Waals surface area contributed by atoms with E-state index in [1.807, 2.05) is 27.7 Å². The molecule has 0 aromatic carbocycles. The zero-order valence-corrected chi connectivity index (χ0v) is 11.6. The van der Waals surface area contributed by atoms with Crippen molar-refractivity contribution in [3.05, 3.63) is 23.7 Å². The molecule has 96 valence electrons. The fourth-order valence-corrected chi connectivity index (χ4v) is 1.82. The number of pyridine rings is 1. The molecule has 0 fully saturated rings. The molecule has 0 N–H and O–H groups in total. The van der Waals surface area contributed by atoms with Crippen LogP contribution in [0, 0.1) is 6.92 Å². The highest BCUT2D eigenvalue weighted by Crippen LogP contribution is 2.18. The SMILES string of the molecule is Cc1noc2cc(C=N[S+]([O-])C(C)(C)C)ncc12. The summed E-state index contributed by atoms with van der Waals surface area (Å²) in [5.74, 6) is 0. The maximum Gasteiger partial charge on any atom is 0.170 e. The van der Waals surface area contributed by atoms with E-state index in [-0.39, 0.29) is 4.75 Å². The van der Waals surface area contributed by atoms with Gasteiger partial charge in [0.05, 0.1) is 16.8 Å². The number of fused-ring (bicyclic) bond motifs is 1. The van der Waals surface area contributed by atoms with Gasteiger partial charge in [-0.2, -0.15) is 0 Å². The average Bonchev–Trinajstić information content (AvgIpc) is 2.66. The smallest absolute Gasteiger partial charge is 0.170 e.